The fourth-order valence-electron chi connectivity index (χ4n) is 1.33. The quantitative estimate of drug-likeness (QED) is 0.797. The van der Waals surface area contributed by atoms with Crippen LogP contribution in [0.3, 0.4) is 0 Å². The van der Waals surface area contributed by atoms with Crippen molar-refractivity contribution in [2.75, 3.05) is 0 Å². The summed E-state index contributed by atoms with van der Waals surface area (Å²) in [6, 6.07) is 3.94. The van der Waals surface area contributed by atoms with Crippen LogP contribution in [0.4, 0.5) is 4.39 Å². The van der Waals surface area contributed by atoms with Crippen LogP contribution in [0.25, 0.3) is 10.1 Å². The lowest BCUT2D eigenvalue weighted by atomic mass is 10.1. The molecule has 0 unspecified atom stereocenters. The molecule has 3 nitrogen and oxygen atoms in total. The Hall–Kier alpha value is -1.75. The fraction of sp³-hybridized carbons (Fsp3) is 0. The Morgan fingerprint density at radius 2 is 2.20 bits per heavy atom. The van der Waals surface area contributed by atoms with Crippen LogP contribution < -0.4 is 0 Å². The third-order valence-electron chi connectivity index (χ3n) is 2.02. The van der Waals surface area contributed by atoms with Crippen molar-refractivity contribution in [2.24, 2.45) is 0 Å². The topological polar surface area (TPSA) is 54.4 Å². The molecule has 0 saturated heterocycles. The Kier molecular flexibility index (Phi) is 2.24. The number of aldehydes is 1. The Labute approximate surface area is 87.8 Å². The van der Waals surface area contributed by atoms with E-state index >= 15 is 0 Å². The van der Waals surface area contributed by atoms with E-state index in [1.165, 1.54) is 12.1 Å². The molecular formula is C10H5FO3S. The van der Waals surface area contributed by atoms with Gasteiger partial charge >= 0.3 is 5.97 Å². The third-order valence-corrected chi connectivity index (χ3v) is 3.11. The number of thiophene rings is 1. The van der Waals surface area contributed by atoms with Gasteiger partial charge in [0.2, 0.25) is 0 Å². The summed E-state index contributed by atoms with van der Waals surface area (Å²) in [5.41, 5.74) is -0.0868. The molecule has 0 spiro atoms. The van der Waals surface area contributed by atoms with Crippen LogP contribution in [0.2, 0.25) is 0 Å². The van der Waals surface area contributed by atoms with Gasteiger partial charge in [-0.15, -0.1) is 11.3 Å². The minimum Gasteiger partial charge on any atom is -0.477 e. The van der Waals surface area contributed by atoms with Crippen LogP contribution >= 0.6 is 11.3 Å². The lowest BCUT2D eigenvalue weighted by Crippen LogP contribution is -1.90. The Morgan fingerprint density at radius 3 is 2.80 bits per heavy atom. The first-order valence-corrected chi connectivity index (χ1v) is 4.85. The summed E-state index contributed by atoms with van der Waals surface area (Å²) in [6.07, 6.45) is 0.399. The summed E-state index contributed by atoms with van der Waals surface area (Å²) < 4.78 is 13.7. The maximum absolute atomic E-state index is 13.2. The standard InChI is InChI=1S/C10H5FO3S/c11-7-1-2-8-5(6(7)4-12)3-9(15-8)10(13)14/h1-4H,(H,13,14). The number of benzene rings is 1. The largest absolute Gasteiger partial charge is 0.477 e. The van der Waals surface area contributed by atoms with E-state index in [4.69, 9.17) is 5.11 Å². The van der Waals surface area contributed by atoms with Crippen molar-refractivity contribution >= 4 is 33.7 Å². The zero-order valence-electron chi connectivity index (χ0n) is 7.36. The molecule has 1 aromatic carbocycles. The molecule has 1 N–H and O–H groups in total. The van der Waals surface area contributed by atoms with E-state index in [-0.39, 0.29) is 10.4 Å². The minimum absolute atomic E-state index is 0.0868. The van der Waals surface area contributed by atoms with Gasteiger partial charge in [-0.25, -0.2) is 9.18 Å². The van der Waals surface area contributed by atoms with Gasteiger partial charge in [0.15, 0.2) is 6.29 Å². The zero-order chi connectivity index (χ0) is 11.0. The van der Waals surface area contributed by atoms with Crippen molar-refractivity contribution in [2.45, 2.75) is 0 Å². The van der Waals surface area contributed by atoms with Crippen molar-refractivity contribution < 1.29 is 19.1 Å². The first-order chi connectivity index (χ1) is 7.13. The van der Waals surface area contributed by atoms with Crippen LogP contribution in [-0.2, 0) is 0 Å². The molecule has 0 bridgehead atoms. The van der Waals surface area contributed by atoms with E-state index in [2.05, 4.69) is 0 Å². The number of rotatable bonds is 2. The second-order valence-corrected chi connectivity index (χ2v) is 3.99. The van der Waals surface area contributed by atoms with Crippen LogP contribution in [-0.4, -0.2) is 17.4 Å². The van der Waals surface area contributed by atoms with E-state index in [0.717, 1.165) is 17.4 Å². The molecule has 0 aliphatic carbocycles. The molecule has 76 valence electrons. The minimum atomic E-state index is -1.08. The highest BCUT2D eigenvalue weighted by Gasteiger charge is 2.13. The molecule has 0 aliphatic heterocycles. The average molecular weight is 224 g/mol. The van der Waals surface area contributed by atoms with Crippen molar-refractivity contribution in [1.29, 1.82) is 0 Å². The zero-order valence-corrected chi connectivity index (χ0v) is 8.18. The number of carbonyl (C=O) groups is 2. The van der Waals surface area contributed by atoms with Crippen LogP contribution in [0.5, 0.6) is 0 Å². The molecule has 0 aliphatic rings. The molecule has 15 heavy (non-hydrogen) atoms. The average Bonchev–Trinajstić information content (AvgIpc) is 2.61. The van der Waals surface area contributed by atoms with Crippen molar-refractivity contribution in [3.63, 3.8) is 0 Å². The van der Waals surface area contributed by atoms with E-state index < -0.39 is 11.8 Å². The summed E-state index contributed by atoms with van der Waals surface area (Å²) in [5, 5.41) is 9.10. The summed E-state index contributed by atoms with van der Waals surface area (Å²) in [5.74, 6) is -1.71. The Morgan fingerprint density at radius 1 is 1.47 bits per heavy atom. The molecule has 0 saturated carbocycles. The smallest absolute Gasteiger partial charge is 0.345 e. The molecule has 0 atom stereocenters. The SMILES string of the molecule is O=Cc1c(F)ccc2sc(C(=O)O)cc12. The first kappa shape index (κ1) is 9.79. The summed E-state index contributed by atoms with van der Waals surface area (Å²) in [4.78, 5) is 21.4. The van der Waals surface area contributed by atoms with Gasteiger partial charge in [-0.1, -0.05) is 0 Å². The van der Waals surface area contributed by atoms with Crippen LogP contribution in [0, 0.1) is 5.82 Å². The van der Waals surface area contributed by atoms with Gasteiger partial charge in [0.05, 0.1) is 5.56 Å². The molecule has 2 rings (SSSR count). The van der Waals surface area contributed by atoms with E-state index in [9.17, 15) is 14.0 Å². The molecular weight excluding hydrogens is 219 g/mol. The van der Waals surface area contributed by atoms with Gasteiger partial charge < -0.3 is 5.11 Å². The predicted molar refractivity (Wildman–Crippen MR) is 54.1 cm³/mol. The van der Waals surface area contributed by atoms with Crippen LogP contribution in [0.1, 0.15) is 20.0 Å². The highest BCUT2D eigenvalue weighted by atomic mass is 32.1. The number of halogens is 1. The normalized spacial score (nSPS) is 10.5. The maximum Gasteiger partial charge on any atom is 0.345 e. The van der Waals surface area contributed by atoms with Crippen molar-refractivity contribution in [3.8, 4) is 0 Å². The molecule has 1 heterocycles. The monoisotopic (exact) mass is 224 g/mol. The second kappa shape index (κ2) is 3.43. The van der Waals surface area contributed by atoms with Gasteiger partial charge in [-0.2, -0.15) is 0 Å². The maximum atomic E-state index is 13.2. The number of carboxylic acid groups (broad SMARTS) is 1. The fourth-order valence-corrected chi connectivity index (χ4v) is 2.25. The van der Waals surface area contributed by atoms with Crippen molar-refractivity contribution in [1.82, 2.24) is 0 Å². The number of fused-ring (bicyclic) bond motifs is 1. The Bertz CT molecular complexity index is 559. The highest BCUT2D eigenvalue weighted by molar-refractivity contribution is 7.20. The number of hydrogen-bond donors (Lipinski definition) is 1. The third kappa shape index (κ3) is 1.50. The molecule has 0 fully saturated rings. The lowest BCUT2D eigenvalue weighted by Gasteiger charge is -1.94. The molecule has 2 aromatic rings. The number of carbonyl (C=O) groups excluding carboxylic acids is 1. The van der Waals surface area contributed by atoms with Gasteiger partial charge in [-0.3, -0.25) is 4.79 Å². The Balaban J connectivity index is 2.80. The molecule has 5 heteroatoms. The number of hydrogen-bond acceptors (Lipinski definition) is 3. The van der Waals surface area contributed by atoms with Gasteiger partial charge in [-0.05, 0) is 18.2 Å². The van der Waals surface area contributed by atoms with Crippen LogP contribution in [0.15, 0.2) is 18.2 Å². The highest BCUT2D eigenvalue weighted by Crippen LogP contribution is 2.29. The van der Waals surface area contributed by atoms with Gasteiger partial charge in [0, 0.05) is 10.1 Å². The number of carboxylic acids is 1. The van der Waals surface area contributed by atoms with Gasteiger partial charge in [0.25, 0.3) is 0 Å². The summed E-state index contributed by atoms with van der Waals surface area (Å²) in [7, 11) is 0. The van der Waals surface area contributed by atoms with E-state index in [0.29, 0.717) is 16.4 Å². The summed E-state index contributed by atoms with van der Waals surface area (Å²) in [6.45, 7) is 0. The predicted octanol–water partition coefficient (Wildman–Crippen LogP) is 2.55. The molecule has 0 radical (unpaired) electrons. The lowest BCUT2D eigenvalue weighted by molar-refractivity contribution is 0.0702. The first-order valence-electron chi connectivity index (χ1n) is 4.04. The molecule has 1 aromatic heterocycles. The van der Waals surface area contributed by atoms with Crippen molar-refractivity contribution in [3.05, 3.63) is 34.5 Å². The van der Waals surface area contributed by atoms with E-state index in [1.54, 1.807) is 0 Å². The number of aromatic carboxylic acids is 1. The van der Waals surface area contributed by atoms with E-state index in [1.807, 2.05) is 0 Å². The second-order valence-electron chi connectivity index (χ2n) is 2.91. The molecule has 0 amide bonds. The summed E-state index contributed by atoms with van der Waals surface area (Å²) >= 11 is 1.02. The van der Waals surface area contributed by atoms with Gasteiger partial charge in [0.1, 0.15) is 10.7 Å².